The van der Waals surface area contributed by atoms with Crippen LogP contribution in [0.1, 0.15) is 24.7 Å². The van der Waals surface area contributed by atoms with Crippen LogP contribution >= 0.6 is 11.6 Å². The van der Waals surface area contributed by atoms with Crippen LogP contribution in [0.4, 0.5) is 5.82 Å². The molecule has 0 saturated carbocycles. The molecule has 1 aromatic rings. The number of methoxy groups -OCH3 is 1. The number of nitrogens with one attached hydrogen (secondary N) is 1. The van der Waals surface area contributed by atoms with Crippen molar-refractivity contribution in [2.24, 2.45) is 0 Å². The highest BCUT2D eigenvalue weighted by molar-refractivity contribution is 6.30. The first kappa shape index (κ1) is 17.1. The highest BCUT2D eigenvalue weighted by Gasteiger charge is 2.09. The Labute approximate surface area is 126 Å². The lowest BCUT2D eigenvalue weighted by Crippen LogP contribution is -2.28. The van der Waals surface area contributed by atoms with Crippen molar-refractivity contribution in [3.05, 3.63) is 16.5 Å². The molecule has 1 rings (SSSR count). The Morgan fingerprint density at radius 3 is 2.70 bits per heavy atom. The van der Waals surface area contributed by atoms with Gasteiger partial charge in [0.05, 0.1) is 6.61 Å². The maximum absolute atomic E-state index is 6.15. The third-order valence-electron chi connectivity index (χ3n) is 3.07. The Bertz CT molecular complexity index is 414. The smallest absolute Gasteiger partial charge is 0.137 e. The fourth-order valence-corrected chi connectivity index (χ4v) is 1.95. The lowest BCUT2D eigenvalue weighted by Gasteiger charge is -2.17. The van der Waals surface area contributed by atoms with E-state index in [-0.39, 0.29) is 0 Å². The van der Waals surface area contributed by atoms with Gasteiger partial charge in [-0.15, -0.1) is 0 Å². The van der Waals surface area contributed by atoms with E-state index in [1.807, 2.05) is 6.92 Å². The molecule has 0 unspecified atom stereocenters. The van der Waals surface area contributed by atoms with Crippen LogP contribution < -0.4 is 5.32 Å². The average molecular weight is 301 g/mol. The molecule has 0 aliphatic carbocycles. The van der Waals surface area contributed by atoms with Crippen LogP contribution in [0.2, 0.25) is 5.15 Å². The molecule has 0 spiro atoms. The van der Waals surface area contributed by atoms with Crippen LogP contribution in [0.25, 0.3) is 0 Å². The highest BCUT2D eigenvalue weighted by atomic mass is 35.5. The summed E-state index contributed by atoms with van der Waals surface area (Å²) in [6.45, 7) is 7.45. The van der Waals surface area contributed by atoms with E-state index in [0.29, 0.717) is 5.15 Å². The first-order valence-electron chi connectivity index (χ1n) is 7.02. The summed E-state index contributed by atoms with van der Waals surface area (Å²) in [5.41, 5.74) is 0.908. The molecule has 0 aliphatic heterocycles. The molecule has 0 atom stereocenters. The van der Waals surface area contributed by atoms with E-state index in [1.165, 1.54) is 0 Å². The SMILES string of the molecule is CCCc1nc(Cl)c(C)c(NCCN(C)CCOC)n1. The van der Waals surface area contributed by atoms with Gasteiger partial charge in [-0.3, -0.25) is 0 Å². The minimum Gasteiger partial charge on any atom is -0.383 e. The molecule has 0 saturated heterocycles. The molecule has 0 amide bonds. The third kappa shape index (κ3) is 5.61. The summed E-state index contributed by atoms with van der Waals surface area (Å²) in [6.07, 6.45) is 1.86. The molecule has 0 fully saturated rings. The summed E-state index contributed by atoms with van der Waals surface area (Å²) in [5, 5.41) is 3.88. The molecule has 1 heterocycles. The molecule has 20 heavy (non-hydrogen) atoms. The molecule has 0 aromatic carbocycles. The largest absolute Gasteiger partial charge is 0.383 e. The van der Waals surface area contributed by atoms with E-state index < -0.39 is 0 Å². The van der Waals surface area contributed by atoms with Gasteiger partial charge in [0.25, 0.3) is 0 Å². The van der Waals surface area contributed by atoms with Crippen molar-refractivity contribution in [1.82, 2.24) is 14.9 Å². The summed E-state index contributed by atoms with van der Waals surface area (Å²) in [5.74, 6) is 1.65. The highest BCUT2D eigenvalue weighted by Crippen LogP contribution is 2.20. The fraction of sp³-hybridized carbons (Fsp3) is 0.714. The molecule has 1 aromatic heterocycles. The van der Waals surface area contributed by atoms with Crippen molar-refractivity contribution in [1.29, 1.82) is 0 Å². The molecule has 0 bridgehead atoms. The summed E-state index contributed by atoms with van der Waals surface area (Å²) >= 11 is 6.15. The van der Waals surface area contributed by atoms with Gasteiger partial charge in [-0.25, -0.2) is 9.97 Å². The predicted octanol–water partition coefficient (Wildman–Crippen LogP) is 2.38. The fourth-order valence-electron chi connectivity index (χ4n) is 1.76. The van der Waals surface area contributed by atoms with E-state index in [0.717, 1.165) is 56.3 Å². The van der Waals surface area contributed by atoms with Gasteiger partial charge in [-0.2, -0.15) is 0 Å². The van der Waals surface area contributed by atoms with Crippen molar-refractivity contribution >= 4 is 17.4 Å². The number of rotatable bonds is 9. The number of aromatic nitrogens is 2. The summed E-state index contributed by atoms with van der Waals surface area (Å²) < 4.78 is 5.05. The maximum atomic E-state index is 6.15. The van der Waals surface area contributed by atoms with E-state index in [4.69, 9.17) is 16.3 Å². The first-order valence-corrected chi connectivity index (χ1v) is 7.40. The zero-order valence-electron chi connectivity index (χ0n) is 12.9. The topological polar surface area (TPSA) is 50.3 Å². The maximum Gasteiger partial charge on any atom is 0.137 e. The quantitative estimate of drug-likeness (QED) is 0.710. The Morgan fingerprint density at radius 2 is 2.05 bits per heavy atom. The molecule has 6 heteroatoms. The van der Waals surface area contributed by atoms with Crippen LogP contribution in [0.5, 0.6) is 0 Å². The van der Waals surface area contributed by atoms with E-state index >= 15 is 0 Å². The number of halogens is 1. The second kappa shape index (κ2) is 9.10. The van der Waals surface area contributed by atoms with Gasteiger partial charge in [0.1, 0.15) is 16.8 Å². The zero-order chi connectivity index (χ0) is 15.0. The number of likely N-dealkylation sites (N-methyl/N-ethyl adjacent to an activating group) is 1. The van der Waals surface area contributed by atoms with E-state index in [1.54, 1.807) is 7.11 Å². The molecule has 1 N–H and O–H groups in total. The Hall–Kier alpha value is -0.910. The van der Waals surface area contributed by atoms with Crippen molar-refractivity contribution < 1.29 is 4.74 Å². The summed E-state index contributed by atoms with van der Waals surface area (Å²) in [7, 11) is 3.79. The molecular formula is C14H25ClN4O. The number of hydrogen-bond donors (Lipinski definition) is 1. The standard InChI is InChI=1S/C14H25ClN4O/c1-5-6-12-17-13(15)11(2)14(18-12)16-7-8-19(3)9-10-20-4/h5-10H2,1-4H3,(H,16,17,18). The molecule has 5 nitrogen and oxygen atoms in total. The van der Waals surface area contributed by atoms with Crippen molar-refractivity contribution in [2.75, 3.05) is 45.7 Å². The summed E-state index contributed by atoms with van der Waals surface area (Å²) in [6, 6.07) is 0. The van der Waals surface area contributed by atoms with E-state index in [9.17, 15) is 0 Å². The number of hydrogen-bond acceptors (Lipinski definition) is 5. The number of anilines is 1. The van der Waals surface area contributed by atoms with Crippen LogP contribution in [-0.4, -0.2) is 55.3 Å². The normalized spacial score (nSPS) is 11.1. The average Bonchev–Trinajstić information content (AvgIpc) is 2.42. The number of nitrogens with zero attached hydrogens (tertiary/aromatic N) is 3. The van der Waals surface area contributed by atoms with Gasteiger partial charge < -0.3 is 15.0 Å². The minimum absolute atomic E-state index is 0.540. The Morgan fingerprint density at radius 1 is 1.30 bits per heavy atom. The zero-order valence-corrected chi connectivity index (χ0v) is 13.6. The number of ether oxygens (including phenoxy) is 1. The monoisotopic (exact) mass is 300 g/mol. The molecule has 0 radical (unpaired) electrons. The third-order valence-corrected chi connectivity index (χ3v) is 3.44. The lowest BCUT2D eigenvalue weighted by molar-refractivity contribution is 0.163. The van der Waals surface area contributed by atoms with Gasteiger partial charge in [0, 0.05) is 38.7 Å². The second-order valence-corrected chi connectivity index (χ2v) is 5.24. The Kier molecular flexibility index (Phi) is 7.80. The lowest BCUT2D eigenvalue weighted by atomic mass is 10.3. The van der Waals surface area contributed by atoms with Gasteiger partial charge in [-0.1, -0.05) is 18.5 Å². The van der Waals surface area contributed by atoms with Crippen LogP contribution in [0.15, 0.2) is 0 Å². The van der Waals surface area contributed by atoms with Gasteiger partial charge in [-0.05, 0) is 20.4 Å². The van der Waals surface area contributed by atoms with E-state index in [2.05, 4.69) is 34.2 Å². The molecular weight excluding hydrogens is 276 g/mol. The minimum atomic E-state index is 0.540. The Balaban J connectivity index is 2.54. The number of aryl methyl sites for hydroxylation is 1. The van der Waals surface area contributed by atoms with Crippen molar-refractivity contribution in [3.63, 3.8) is 0 Å². The van der Waals surface area contributed by atoms with Crippen molar-refractivity contribution in [3.8, 4) is 0 Å². The van der Waals surface area contributed by atoms with Gasteiger partial charge in [0.15, 0.2) is 0 Å². The van der Waals surface area contributed by atoms with Gasteiger partial charge in [0.2, 0.25) is 0 Å². The van der Waals surface area contributed by atoms with Crippen LogP contribution in [0.3, 0.4) is 0 Å². The van der Waals surface area contributed by atoms with Gasteiger partial charge >= 0.3 is 0 Å². The second-order valence-electron chi connectivity index (χ2n) is 4.88. The van der Waals surface area contributed by atoms with Crippen LogP contribution in [-0.2, 0) is 11.2 Å². The predicted molar refractivity (Wildman–Crippen MR) is 83.6 cm³/mol. The summed E-state index contributed by atoms with van der Waals surface area (Å²) in [4.78, 5) is 11.0. The molecule has 114 valence electrons. The van der Waals surface area contributed by atoms with Crippen LogP contribution in [0, 0.1) is 6.92 Å². The molecule has 0 aliphatic rings. The first-order chi connectivity index (χ1) is 9.58. The van der Waals surface area contributed by atoms with Crippen molar-refractivity contribution in [2.45, 2.75) is 26.7 Å².